The summed E-state index contributed by atoms with van der Waals surface area (Å²) in [6.45, 7) is 6.87. The molecule has 1 aromatic rings. The van der Waals surface area contributed by atoms with Crippen molar-refractivity contribution in [2.24, 2.45) is 5.92 Å². The van der Waals surface area contributed by atoms with Gasteiger partial charge in [-0.15, -0.1) is 0 Å². The Kier molecular flexibility index (Phi) is 5.59. The molecule has 0 heterocycles. The van der Waals surface area contributed by atoms with Crippen LogP contribution in [0.15, 0.2) is 24.3 Å². The highest BCUT2D eigenvalue weighted by Crippen LogP contribution is 2.18. The van der Waals surface area contributed by atoms with Crippen LogP contribution in [-0.4, -0.2) is 19.8 Å². The van der Waals surface area contributed by atoms with E-state index < -0.39 is 0 Å². The molecule has 0 saturated heterocycles. The first-order valence-electron chi connectivity index (χ1n) is 6.05. The summed E-state index contributed by atoms with van der Waals surface area (Å²) in [6.07, 6.45) is 0. The molecular formula is C14H22FNO. The molecule has 1 aromatic carbocycles. The van der Waals surface area contributed by atoms with Gasteiger partial charge < -0.3 is 10.1 Å². The van der Waals surface area contributed by atoms with Crippen LogP contribution in [0.4, 0.5) is 4.39 Å². The van der Waals surface area contributed by atoms with E-state index in [-0.39, 0.29) is 17.9 Å². The number of hydrogen-bond donors (Lipinski definition) is 1. The van der Waals surface area contributed by atoms with Crippen LogP contribution in [0.3, 0.4) is 0 Å². The number of nitrogens with one attached hydrogen (secondary N) is 1. The summed E-state index contributed by atoms with van der Waals surface area (Å²) in [7, 11) is 1.69. The molecule has 0 fully saturated rings. The SMILES string of the molecule is COCC(N[C@H](C)c1ccccc1F)C(C)C. The Morgan fingerprint density at radius 1 is 1.24 bits per heavy atom. The predicted molar refractivity (Wildman–Crippen MR) is 68.5 cm³/mol. The van der Waals surface area contributed by atoms with Gasteiger partial charge >= 0.3 is 0 Å². The molecule has 96 valence electrons. The fourth-order valence-electron chi connectivity index (χ4n) is 1.85. The minimum absolute atomic E-state index is 0.0150. The molecule has 17 heavy (non-hydrogen) atoms. The van der Waals surface area contributed by atoms with Crippen molar-refractivity contribution in [3.63, 3.8) is 0 Å². The largest absolute Gasteiger partial charge is 0.383 e. The number of hydrogen-bond acceptors (Lipinski definition) is 2. The monoisotopic (exact) mass is 239 g/mol. The van der Waals surface area contributed by atoms with Gasteiger partial charge in [-0.05, 0) is 18.9 Å². The van der Waals surface area contributed by atoms with E-state index in [1.54, 1.807) is 13.2 Å². The lowest BCUT2D eigenvalue weighted by atomic mass is 10.0. The molecule has 2 atom stereocenters. The summed E-state index contributed by atoms with van der Waals surface area (Å²) < 4.78 is 18.8. The Balaban J connectivity index is 2.70. The Morgan fingerprint density at radius 2 is 1.88 bits per heavy atom. The molecule has 0 radical (unpaired) electrons. The molecule has 0 amide bonds. The second-order valence-electron chi connectivity index (χ2n) is 4.72. The minimum Gasteiger partial charge on any atom is -0.383 e. The molecular weight excluding hydrogens is 217 g/mol. The van der Waals surface area contributed by atoms with Crippen molar-refractivity contribution in [3.05, 3.63) is 35.6 Å². The summed E-state index contributed by atoms with van der Waals surface area (Å²) in [5, 5.41) is 3.41. The topological polar surface area (TPSA) is 21.3 Å². The lowest BCUT2D eigenvalue weighted by Gasteiger charge is -2.26. The Bertz CT molecular complexity index is 341. The minimum atomic E-state index is -0.160. The van der Waals surface area contributed by atoms with E-state index in [4.69, 9.17) is 4.74 Å². The first-order valence-corrected chi connectivity index (χ1v) is 6.05. The third-order valence-corrected chi connectivity index (χ3v) is 2.99. The predicted octanol–water partition coefficient (Wildman–Crippen LogP) is 3.15. The molecule has 1 rings (SSSR count). The highest BCUT2D eigenvalue weighted by atomic mass is 19.1. The molecule has 0 spiro atoms. The van der Waals surface area contributed by atoms with Crippen LogP contribution in [0, 0.1) is 11.7 Å². The molecule has 0 aromatic heterocycles. The van der Waals surface area contributed by atoms with Crippen LogP contribution in [0.1, 0.15) is 32.4 Å². The van der Waals surface area contributed by atoms with Crippen LogP contribution >= 0.6 is 0 Å². The number of halogens is 1. The molecule has 2 nitrogen and oxygen atoms in total. The molecule has 3 heteroatoms. The Hall–Kier alpha value is -0.930. The van der Waals surface area contributed by atoms with Gasteiger partial charge in [0.05, 0.1) is 6.61 Å². The maximum Gasteiger partial charge on any atom is 0.127 e. The first kappa shape index (κ1) is 14.1. The lowest BCUT2D eigenvalue weighted by Crippen LogP contribution is -2.39. The van der Waals surface area contributed by atoms with Crippen molar-refractivity contribution in [1.29, 1.82) is 0 Å². The van der Waals surface area contributed by atoms with Crippen LogP contribution in [0.5, 0.6) is 0 Å². The maximum absolute atomic E-state index is 13.6. The van der Waals surface area contributed by atoms with Gasteiger partial charge in [0.15, 0.2) is 0 Å². The zero-order valence-electron chi connectivity index (χ0n) is 11.0. The van der Waals surface area contributed by atoms with Gasteiger partial charge in [0.1, 0.15) is 5.82 Å². The van der Waals surface area contributed by atoms with Crippen LogP contribution in [0.25, 0.3) is 0 Å². The maximum atomic E-state index is 13.6. The van der Waals surface area contributed by atoms with Crippen molar-refractivity contribution in [2.45, 2.75) is 32.9 Å². The number of ether oxygens (including phenoxy) is 1. The molecule has 0 aliphatic carbocycles. The molecule has 1 unspecified atom stereocenters. The third kappa shape index (κ3) is 4.10. The average Bonchev–Trinajstić information content (AvgIpc) is 2.28. The van der Waals surface area contributed by atoms with E-state index in [9.17, 15) is 4.39 Å². The second kappa shape index (κ2) is 6.72. The first-order chi connectivity index (χ1) is 8.06. The quantitative estimate of drug-likeness (QED) is 0.823. The van der Waals surface area contributed by atoms with E-state index in [1.165, 1.54) is 6.07 Å². The van der Waals surface area contributed by atoms with Gasteiger partial charge in [-0.1, -0.05) is 32.0 Å². The van der Waals surface area contributed by atoms with E-state index in [0.717, 1.165) is 0 Å². The van der Waals surface area contributed by atoms with Gasteiger partial charge in [0, 0.05) is 24.8 Å². The fraction of sp³-hybridized carbons (Fsp3) is 0.571. The summed E-state index contributed by atoms with van der Waals surface area (Å²) in [5.41, 5.74) is 0.703. The van der Waals surface area contributed by atoms with Gasteiger partial charge in [0.25, 0.3) is 0 Å². The Morgan fingerprint density at radius 3 is 2.41 bits per heavy atom. The normalized spacial score (nSPS) is 14.9. The molecule has 0 bridgehead atoms. The van der Waals surface area contributed by atoms with Gasteiger partial charge in [0.2, 0.25) is 0 Å². The zero-order valence-corrected chi connectivity index (χ0v) is 11.0. The highest BCUT2D eigenvalue weighted by Gasteiger charge is 2.18. The summed E-state index contributed by atoms with van der Waals surface area (Å²) in [5.74, 6) is 0.289. The molecule has 1 N–H and O–H groups in total. The summed E-state index contributed by atoms with van der Waals surface area (Å²) in [6, 6.07) is 7.09. The molecule has 0 aliphatic heterocycles. The van der Waals surface area contributed by atoms with Gasteiger partial charge in [-0.25, -0.2) is 4.39 Å². The fourth-order valence-corrected chi connectivity index (χ4v) is 1.85. The van der Waals surface area contributed by atoms with E-state index in [1.807, 2.05) is 19.1 Å². The zero-order chi connectivity index (χ0) is 12.8. The van der Waals surface area contributed by atoms with Crippen LogP contribution in [0.2, 0.25) is 0 Å². The van der Waals surface area contributed by atoms with Gasteiger partial charge in [-0.3, -0.25) is 0 Å². The smallest absolute Gasteiger partial charge is 0.127 e. The summed E-state index contributed by atoms with van der Waals surface area (Å²) >= 11 is 0. The number of rotatable bonds is 6. The standard InChI is InChI=1S/C14H22FNO/c1-10(2)14(9-17-4)16-11(3)12-7-5-6-8-13(12)15/h5-8,10-11,14,16H,9H2,1-4H3/t11-,14?/m1/s1. The summed E-state index contributed by atoms with van der Waals surface area (Å²) in [4.78, 5) is 0. The van der Waals surface area contributed by atoms with E-state index in [2.05, 4.69) is 19.2 Å². The van der Waals surface area contributed by atoms with Crippen LogP contribution in [-0.2, 0) is 4.74 Å². The van der Waals surface area contributed by atoms with Crippen molar-refractivity contribution in [2.75, 3.05) is 13.7 Å². The van der Waals surface area contributed by atoms with Crippen molar-refractivity contribution in [1.82, 2.24) is 5.32 Å². The second-order valence-corrected chi connectivity index (χ2v) is 4.72. The van der Waals surface area contributed by atoms with Crippen molar-refractivity contribution >= 4 is 0 Å². The third-order valence-electron chi connectivity index (χ3n) is 2.99. The molecule has 0 aliphatic rings. The Labute approximate surface area is 103 Å². The number of methoxy groups -OCH3 is 1. The average molecular weight is 239 g/mol. The van der Waals surface area contributed by atoms with Crippen molar-refractivity contribution < 1.29 is 9.13 Å². The van der Waals surface area contributed by atoms with E-state index in [0.29, 0.717) is 18.1 Å². The van der Waals surface area contributed by atoms with Crippen LogP contribution < -0.4 is 5.32 Å². The van der Waals surface area contributed by atoms with Gasteiger partial charge in [-0.2, -0.15) is 0 Å². The molecule has 0 saturated carbocycles. The van der Waals surface area contributed by atoms with E-state index >= 15 is 0 Å². The number of benzene rings is 1. The highest BCUT2D eigenvalue weighted by molar-refractivity contribution is 5.20. The lowest BCUT2D eigenvalue weighted by molar-refractivity contribution is 0.141. The van der Waals surface area contributed by atoms with Crippen molar-refractivity contribution in [3.8, 4) is 0 Å².